The number of carbonyl (C=O) groups excluding carboxylic acids is 1. The van der Waals surface area contributed by atoms with Crippen molar-refractivity contribution in [3.05, 3.63) is 59.9 Å². The third kappa shape index (κ3) is 5.88. The number of carbonyl (C=O) groups is 1. The molecule has 1 saturated carbocycles. The predicted molar refractivity (Wildman–Crippen MR) is 158 cm³/mol. The minimum absolute atomic E-state index is 0.0684. The molecule has 4 unspecified atom stereocenters. The molecule has 2 aromatic heterocycles. The molecule has 1 aromatic carbocycles. The van der Waals surface area contributed by atoms with E-state index in [-0.39, 0.29) is 17.5 Å². The normalized spacial score (nSPS) is 24.1. The number of rotatable bonds is 9. The van der Waals surface area contributed by atoms with Gasteiger partial charge in [-0.15, -0.1) is 0 Å². The number of ether oxygens (including phenoxy) is 1. The maximum Gasteiger partial charge on any atom is 0.254 e. The van der Waals surface area contributed by atoms with Crippen LogP contribution in [-0.2, 0) is 4.74 Å². The third-order valence-corrected chi connectivity index (χ3v) is 9.11. The van der Waals surface area contributed by atoms with E-state index in [1.54, 1.807) is 23.1 Å². The number of hydrogen-bond acceptors (Lipinski definition) is 6. The Balaban J connectivity index is 1.19. The first kappa shape index (κ1) is 27.8. The first-order chi connectivity index (χ1) is 19.8. The quantitative estimate of drug-likeness (QED) is 0.367. The Kier molecular flexibility index (Phi) is 7.83. The van der Waals surface area contributed by atoms with Gasteiger partial charge in [0.15, 0.2) is 0 Å². The number of aryl methyl sites for hydroxylation is 1. The molecule has 3 aliphatic rings. The van der Waals surface area contributed by atoms with Crippen LogP contribution in [0.1, 0.15) is 68.8 Å². The first-order valence-electron chi connectivity index (χ1n) is 15.0. The molecule has 8 nitrogen and oxygen atoms in total. The van der Waals surface area contributed by atoms with Crippen LogP contribution in [0, 0.1) is 18.7 Å². The summed E-state index contributed by atoms with van der Waals surface area (Å²) in [6.07, 6.45) is 12.5. The summed E-state index contributed by atoms with van der Waals surface area (Å²) in [6.45, 7) is 10.5. The molecule has 6 rings (SSSR count). The van der Waals surface area contributed by atoms with E-state index < -0.39 is 5.82 Å². The average molecular weight is 561 g/mol. The molecule has 4 heterocycles. The third-order valence-electron chi connectivity index (χ3n) is 9.11. The lowest BCUT2D eigenvalue weighted by Gasteiger charge is -2.52. The fraction of sp³-hybridized carbons (Fsp3) is 0.531. The van der Waals surface area contributed by atoms with Gasteiger partial charge in [0.05, 0.1) is 54.8 Å². The van der Waals surface area contributed by atoms with Crippen LogP contribution in [0.3, 0.4) is 0 Å². The summed E-state index contributed by atoms with van der Waals surface area (Å²) in [7, 11) is 0. The van der Waals surface area contributed by atoms with Gasteiger partial charge >= 0.3 is 0 Å². The Bertz CT molecular complexity index is 1400. The highest BCUT2D eigenvalue weighted by molar-refractivity contribution is 5.96. The summed E-state index contributed by atoms with van der Waals surface area (Å²) >= 11 is 0. The molecule has 2 N–H and O–H groups in total. The molecule has 0 radical (unpaired) electrons. The molecule has 9 heteroatoms. The van der Waals surface area contributed by atoms with Crippen molar-refractivity contribution in [2.75, 3.05) is 18.5 Å². The first-order valence-corrected chi connectivity index (χ1v) is 15.0. The van der Waals surface area contributed by atoms with Gasteiger partial charge in [-0.05, 0) is 74.8 Å². The monoisotopic (exact) mass is 560 g/mol. The Morgan fingerprint density at radius 1 is 1.15 bits per heavy atom. The second kappa shape index (κ2) is 11.5. The number of halogens is 1. The van der Waals surface area contributed by atoms with Gasteiger partial charge in [-0.25, -0.2) is 9.07 Å². The van der Waals surface area contributed by atoms with Gasteiger partial charge in [0, 0.05) is 35.9 Å². The standard InChI is InChI=1S/C32H41FN6O2/c1-5-19(2)31-11-24(9-21(4)39(31)27-17-41-18-27)36-25-10-26(15-34-14-25)38-16-22(13-35-38)28-12-29(30(33)8-20(28)3)32(40)37-23-6-7-23/h8,10,12-16,19,21,23-24,27,31,36H,5-7,9,11,17-18H2,1-4H3,(H,37,40). The molecule has 1 amide bonds. The lowest BCUT2D eigenvalue weighted by atomic mass is 9.82. The van der Waals surface area contributed by atoms with Crippen LogP contribution in [0.4, 0.5) is 10.1 Å². The summed E-state index contributed by atoms with van der Waals surface area (Å²) in [5.74, 6) is -0.250. The van der Waals surface area contributed by atoms with Crippen molar-refractivity contribution < 1.29 is 13.9 Å². The number of pyridine rings is 1. The Labute approximate surface area is 241 Å². The van der Waals surface area contributed by atoms with Gasteiger partial charge in [-0.2, -0.15) is 5.10 Å². The van der Waals surface area contributed by atoms with Gasteiger partial charge in [0.1, 0.15) is 5.82 Å². The lowest BCUT2D eigenvalue weighted by Crippen LogP contribution is -2.62. The maximum atomic E-state index is 14.7. The summed E-state index contributed by atoms with van der Waals surface area (Å²) in [5, 5.41) is 11.2. The highest BCUT2D eigenvalue weighted by Crippen LogP contribution is 2.35. The molecule has 3 fully saturated rings. The van der Waals surface area contributed by atoms with Crippen LogP contribution in [0.2, 0.25) is 0 Å². The fourth-order valence-corrected chi connectivity index (χ4v) is 6.43. The van der Waals surface area contributed by atoms with Gasteiger partial charge in [-0.1, -0.05) is 20.3 Å². The van der Waals surface area contributed by atoms with E-state index in [1.807, 2.05) is 19.3 Å². The number of anilines is 1. The SMILES string of the molecule is CCC(C)C1CC(Nc2cncc(-n3cc(-c4cc(C(=O)NC5CC5)c(F)cc4C)cn3)c2)CC(C)N1C1COC1. The van der Waals surface area contributed by atoms with E-state index in [4.69, 9.17) is 4.74 Å². The predicted octanol–water partition coefficient (Wildman–Crippen LogP) is 5.35. The molecule has 2 aliphatic heterocycles. The number of piperidine rings is 1. The van der Waals surface area contributed by atoms with Crippen molar-refractivity contribution in [2.45, 2.75) is 90.0 Å². The van der Waals surface area contributed by atoms with E-state index in [1.165, 1.54) is 6.07 Å². The average Bonchev–Trinajstić information content (AvgIpc) is 3.60. The van der Waals surface area contributed by atoms with Crippen molar-refractivity contribution in [1.29, 1.82) is 0 Å². The molecule has 0 bridgehead atoms. The minimum Gasteiger partial charge on any atom is -0.381 e. The molecule has 41 heavy (non-hydrogen) atoms. The van der Waals surface area contributed by atoms with Crippen molar-refractivity contribution in [2.24, 2.45) is 5.92 Å². The van der Waals surface area contributed by atoms with Gasteiger partial charge < -0.3 is 15.4 Å². The second-order valence-electron chi connectivity index (χ2n) is 12.3. The van der Waals surface area contributed by atoms with Crippen LogP contribution in [0.15, 0.2) is 43.0 Å². The number of hydrogen-bond donors (Lipinski definition) is 2. The minimum atomic E-state index is -0.503. The van der Waals surface area contributed by atoms with E-state index in [0.29, 0.717) is 30.1 Å². The molecule has 0 spiro atoms. The van der Waals surface area contributed by atoms with Crippen molar-refractivity contribution in [1.82, 2.24) is 25.0 Å². The van der Waals surface area contributed by atoms with Gasteiger partial charge in [-0.3, -0.25) is 14.7 Å². The Hall–Kier alpha value is -3.30. The smallest absolute Gasteiger partial charge is 0.254 e. The Morgan fingerprint density at radius 3 is 2.66 bits per heavy atom. The molecule has 2 saturated heterocycles. The summed E-state index contributed by atoms with van der Waals surface area (Å²) in [4.78, 5) is 19.8. The molecular formula is C32H41FN6O2. The zero-order valence-corrected chi connectivity index (χ0v) is 24.4. The highest BCUT2D eigenvalue weighted by atomic mass is 19.1. The van der Waals surface area contributed by atoms with Crippen LogP contribution in [-0.4, -0.2) is 69.0 Å². The van der Waals surface area contributed by atoms with Crippen LogP contribution in [0.5, 0.6) is 0 Å². The number of nitrogens with one attached hydrogen (secondary N) is 2. The van der Waals surface area contributed by atoms with E-state index in [9.17, 15) is 9.18 Å². The van der Waals surface area contributed by atoms with Crippen molar-refractivity contribution in [3.8, 4) is 16.8 Å². The van der Waals surface area contributed by atoms with Crippen molar-refractivity contribution >= 4 is 11.6 Å². The largest absolute Gasteiger partial charge is 0.381 e. The number of aromatic nitrogens is 3. The zero-order chi connectivity index (χ0) is 28.7. The van der Waals surface area contributed by atoms with E-state index in [2.05, 4.69) is 52.5 Å². The lowest BCUT2D eigenvalue weighted by molar-refractivity contribution is -0.113. The Morgan fingerprint density at radius 2 is 1.95 bits per heavy atom. The summed E-state index contributed by atoms with van der Waals surface area (Å²) < 4.78 is 22.0. The van der Waals surface area contributed by atoms with E-state index in [0.717, 1.165) is 73.4 Å². The number of benzene rings is 1. The highest BCUT2D eigenvalue weighted by Gasteiger charge is 2.41. The maximum absolute atomic E-state index is 14.7. The topological polar surface area (TPSA) is 84.3 Å². The van der Waals surface area contributed by atoms with Gasteiger partial charge in [0.2, 0.25) is 0 Å². The number of amides is 1. The van der Waals surface area contributed by atoms with Crippen LogP contribution < -0.4 is 10.6 Å². The fourth-order valence-electron chi connectivity index (χ4n) is 6.43. The van der Waals surface area contributed by atoms with E-state index >= 15 is 0 Å². The molecule has 4 atom stereocenters. The molecular weight excluding hydrogens is 519 g/mol. The van der Waals surface area contributed by atoms with Crippen LogP contribution >= 0.6 is 0 Å². The number of nitrogens with zero attached hydrogens (tertiary/aromatic N) is 4. The van der Waals surface area contributed by atoms with Crippen molar-refractivity contribution in [3.63, 3.8) is 0 Å². The zero-order valence-electron chi connectivity index (χ0n) is 24.4. The molecule has 218 valence electrons. The second-order valence-corrected chi connectivity index (χ2v) is 12.3. The summed E-state index contributed by atoms with van der Waals surface area (Å²) in [5.41, 5.74) is 4.23. The van der Waals surface area contributed by atoms with Crippen LogP contribution in [0.25, 0.3) is 16.8 Å². The molecule has 3 aromatic rings. The van der Waals surface area contributed by atoms with Gasteiger partial charge in [0.25, 0.3) is 5.91 Å². The summed E-state index contributed by atoms with van der Waals surface area (Å²) in [6, 6.07) is 7.20. The molecule has 1 aliphatic carbocycles. The number of likely N-dealkylation sites (tertiary alicyclic amines) is 1.